The van der Waals surface area contributed by atoms with Crippen molar-refractivity contribution in [1.29, 1.82) is 0 Å². The van der Waals surface area contributed by atoms with E-state index in [1.807, 2.05) is 6.92 Å². The van der Waals surface area contributed by atoms with Crippen LogP contribution >= 0.6 is 11.8 Å². The maximum absolute atomic E-state index is 13.5. The van der Waals surface area contributed by atoms with Crippen molar-refractivity contribution in [2.24, 2.45) is 0 Å². The molecule has 0 saturated heterocycles. The van der Waals surface area contributed by atoms with Crippen LogP contribution in [0.4, 0.5) is 4.39 Å². The number of carbonyl (C=O) groups is 1. The van der Waals surface area contributed by atoms with Gasteiger partial charge < -0.3 is 10.4 Å². The Kier molecular flexibility index (Phi) is 5.91. The van der Waals surface area contributed by atoms with Crippen molar-refractivity contribution in [1.82, 2.24) is 10.3 Å². The summed E-state index contributed by atoms with van der Waals surface area (Å²) in [6.45, 7) is 1.95. The highest BCUT2D eigenvalue weighted by Crippen LogP contribution is 2.17. The molecule has 1 atom stereocenters. The highest BCUT2D eigenvalue weighted by atomic mass is 32.2. The lowest BCUT2D eigenvalue weighted by Crippen LogP contribution is -2.28. The first-order valence-corrected chi connectivity index (χ1v) is 7.90. The second-order valence-corrected chi connectivity index (χ2v) is 5.85. The van der Waals surface area contributed by atoms with Crippen LogP contribution in [-0.2, 0) is 0 Å². The molecule has 6 heteroatoms. The van der Waals surface area contributed by atoms with Crippen molar-refractivity contribution in [2.75, 3.05) is 12.3 Å². The molecular formula is C16H17FN2O2S. The van der Waals surface area contributed by atoms with E-state index < -0.39 is 11.9 Å². The molecule has 2 N–H and O–H groups in total. The number of rotatable bonds is 6. The molecule has 0 bridgehead atoms. The van der Waals surface area contributed by atoms with Crippen molar-refractivity contribution < 1.29 is 14.3 Å². The zero-order valence-electron chi connectivity index (χ0n) is 12.1. The van der Waals surface area contributed by atoms with E-state index in [1.165, 1.54) is 23.9 Å². The lowest BCUT2D eigenvalue weighted by Gasteiger charge is -2.13. The van der Waals surface area contributed by atoms with E-state index in [0.29, 0.717) is 5.56 Å². The van der Waals surface area contributed by atoms with Crippen LogP contribution in [-0.4, -0.2) is 28.3 Å². The minimum Gasteiger partial charge on any atom is -0.386 e. The Hall–Kier alpha value is -1.92. The van der Waals surface area contributed by atoms with Crippen molar-refractivity contribution >= 4 is 17.7 Å². The number of thioether (sulfide) groups is 1. The van der Waals surface area contributed by atoms with E-state index in [1.54, 1.807) is 30.5 Å². The van der Waals surface area contributed by atoms with E-state index in [-0.39, 0.29) is 18.0 Å². The standard InChI is InChI=1S/C16H17FN2O2S/c1-2-22-15-9-11(7-8-18-15)16(21)19-10-14(20)12-5-3-4-6-13(12)17/h3-9,14,20H,2,10H2,1H3,(H,19,21). The molecule has 2 rings (SSSR count). The maximum atomic E-state index is 13.5. The fourth-order valence-corrected chi connectivity index (χ4v) is 2.57. The third-order valence-electron chi connectivity index (χ3n) is 3.01. The highest BCUT2D eigenvalue weighted by molar-refractivity contribution is 7.99. The molecule has 1 unspecified atom stereocenters. The van der Waals surface area contributed by atoms with Gasteiger partial charge in [0.05, 0.1) is 11.1 Å². The second kappa shape index (κ2) is 7.91. The molecule has 0 spiro atoms. The van der Waals surface area contributed by atoms with Gasteiger partial charge in [0.1, 0.15) is 5.82 Å². The Morgan fingerprint density at radius 3 is 2.91 bits per heavy atom. The number of aliphatic hydroxyl groups excluding tert-OH is 1. The van der Waals surface area contributed by atoms with E-state index in [0.717, 1.165) is 10.8 Å². The first kappa shape index (κ1) is 16.5. The molecule has 116 valence electrons. The number of aliphatic hydroxyl groups is 1. The molecule has 4 nitrogen and oxygen atoms in total. The molecule has 0 aliphatic carbocycles. The number of benzene rings is 1. The van der Waals surface area contributed by atoms with Gasteiger partial charge in [0.25, 0.3) is 5.91 Å². The molecule has 0 fully saturated rings. The Bertz CT molecular complexity index is 652. The number of hydrogen-bond donors (Lipinski definition) is 2. The SMILES string of the molecule is CCSc1cc(C(=O)NCC(O)c2ccccc2F)ccn1. The maximum Gasteiger partial charge on any atom is 0.251 e. The average Bonchev–Trinajstić information content (AvgIpc) is 2.53. The first-order chi connectivity index (χ1) is 10.6. The highest BCUT2D eigenvalue weighted by Gasteiger charge is 2.14. The van der Waals surface area contributed by atoms with Gasteiger partial charge in [-0.3, -0.25) is 4.79 Å². The number of carbonyl (C=O) groups excluding carboxylic acids is 1. The lowest BCUT2D eigenvalue weighted by molar-refractivity contribution is 0.0913. The summed E-state index contributed by atoms with van der Waals surface area (Å²) in [6.07, 6.45) is 0.483. The summed E-state index contributed by atoms with van der Waals surface area (Å²) in [6, 6.07) is 9.25. The van der Waals surface area contributed by atoms with Gasteiger partial charge in [-0.15, -0.1) is 11.8 Å². The number of aromatic nitrogens is 1. The Labute approximate surface area is 132 Å². The van der Waals surface area contributed by atoms with Gasteiger partial charge in [0.2, 0.25) is 0 Å². The van der Waals surface area contributed by atoms with Crippen molar-refractivity contribution in [3.8, 4) is 0 Å². The summed E-state index contributed by atoms with van der Waals surface area (Å²) in [4.78, 5) is 16.2. The molecule has 1 amide bonds. The summed E-state index contributed by atoms with van der Waals surface area (Å²) in [5, 5.41) is 13.3. The van der Waals surface area contributed by atoms with Gasteiger partial charge in [-0.2, -0.15) is 0 Å². The molecule has 0 aliphatic heterocycles. The third-order valence-corrected chi connectivity index (χ3v) is 3.82. The summed E-state index contributed by atoms with van der Waals surface area (Å²) in [7, 11) is 0. The molecule has 2 aromatic rings. The van der Waals surface area contributed by atoms with E-state index in [2.05, 4.69) is 10.3 Å². The van der Waals surface area contributed by atoms with Crippen LogP contribution in [0.5, 0.6) is 0 Å². The Morgan fingerprint density at radius 1 is 1.41 bits per heavy atom. The van der Waals surface area contributed by atoms with E-state index >= 15 is 0 Å². The minimum atomic E-state index is -1.09. The van der Waals surface area contributed by atoms with Gasteiger partial charge in [0, 0.05) is 23.9 Å². The summed E-state index contributed by atoms with van der Waals surface area (Å²) >= 11 is 1.54. The Morgan fingerprint density at radius 2 is 2.18 bits per heavy atom. The average molecular weight is 320 g/mol. The predicted octanol–water partition coefficient (Wildman–Crippen LogP) is 2.80. The van der Waals surface area contributed by atoms with E-state index in [4.69, 9.17) is 0 Å². The lowest BCUT2D eigenvalue weighted by atomic mass is 10.1. The number of pyridine rings is 1. The molecule has 1 aromatic heterocycles. The molecule has 0 saturated carbocycles. The molecule has 0 aliphatic rings. The first-order valence-electron chi connectivity index (χ1n) is 6.91. The summed E-state index contributed by atoms with van der Waals surface area (Å²) in [5.41, 5.74) is 0.631. The summed E-state index contributed by atoms with van der Waals surface area (Å²) in [5.74, 6) is 0.0508. The second-order valence-electron chi connectivity index (χ2n) is 4.56. The molecular weight excluding hydrogens is 303 g/mol. The predicted molar refractivity (Wildman–Crippen MR) is 84.3 cm³/mol. The van der Waals surface area contributed by atoms with Crippen LogP contribution in [0.2, 0.25) is 0 Å². The monoisotopic (exact) mass is 320 g/mol. The fraction of sp³-hybridized carbons (Fsp3) is 0.250. The number of amides is 1. The smallest absolute Gasteiger partial charge is 0.251 e. The van der Waals surface area contributed by atoms with Crippen LogP contribution in [0.3, 0.4) is 0 Å². The quantitative estimate of drug-likeness (QED) is 0.804. The summed E-state index contributed by atoms with van der Waals surface area (Å²) < 4.78 is 13.5. The minimum absolute atomic E-state index is 0.0572. The van der Waals surface area contributed by atoms with Crippen molar-refractivity contribution in [2.45, 2.75) is 18.1 Å². The molecule has 1 aromatic carbocycles. The van der Waals surface area contributed by atoms with Gasteiger partial charge >= 0.3 is 0 Å². The normalized spacial score (nSPS) is 12.0. The van der Waals surface area contributed by atoms with Crippen LogP contribution in [0.15, 0.2) is 47.6 Å². The largest absolute Gasteiger partial charge is 0.386 e. The van der Waals surface area contributed by atoms with Gasteiger partial charge in [-0.1, -0.05) is 25.1 Å². The van der Waals surface area contributed by atoms with Crippen LogP contribution in [0.25, 0.3) is 0 Å². The zero-order valence-corrected chi connectivity index (χ0v) is 12.9. The number of nitrogens with zero attached hydrogens (tertiary/aromatic N) is 1. The molecule has 22 heavy (non-hydrogen) atoms. The number of hydrogen-bond acceptors (Lipinski definition) is 4. The number of nitrogens with one attached hydrogen (secondary N) is 1. The van der Waals surface area contributed by atoms with Crippen LogP contribution in [0.1, 0.15) is 28.9 Å². The topological polar surface area (TPSA) is 62.2 Å². The Balaban J connectivity index is 1.98. The third kappa shape index (κ3) is 4.29. The zero-order chi connectivity index (χ0) is 15.9. The van der Waals surface area contributed by atoms with E-state index in [9.17, 15) is 14.3 Å². The van der Waals surface area contributed by atoms with Crippen LogP contribution < -0.4 is 5.32 Å². The van der Waals surface area contributed by atoms with Gasteiger partial charge in [-0.05, 0) is 24.0 Å². The molecule has 1 heterocycles. The van der Waals surface area contributed by atoms with Gasteiger partial charge in [-0.25, -0.2) is 9.37 Å². The van der Waals surface area contributed by atoms with Gasteiger partial charge in [0.15, 0.2) is 0 Å². The van der Waals surface area contributed by atoms with Crippen molar-refractivity contribution in [3.05, 3.63) is 59.5 Å². The number of halogens is 1. The fourth-order valence-electron chi connectivity index (χ4n) is 1.92. The molecule has 0 radical (unpaired) electrons. The van der Waals surface area contributed by atoms with Crippen molar-refractivity contribution in [3.63, 3.8) is 0 Å². The van der Waals surface area contributed by atoms with Crippen LogP contribution in [0, 0.1) is 5.82 Å².